The van der Waals surface area contributed by atoms with Gasteiger partial charge in [0.25, 0.3) is 0 Å². The first kappa shape index (κ1) is 18.5. The first-order valence-corrected chi connectivity index (χ1v) is 8.64. The number of nitrogens with one attached hydrogen (secondary N) is 2. The first-order valence-electron chi connectivity index (χ1n) is 8.26. The van der Waals surface area contributed by atoms with Gasteiger partial charge in [-0.15, -0.1) is 0 Å². The molecule has 0 saturated carbocycles. The van der Waals surface area contributed by atoms with E-state index in [0.29, 0.717) is 10.9 Å². The van der Waals surface area contributed by atoms with Crippen molar-refractivity contribution in [1.82, 2.24) is 5.32 Å². The minimum Gasteiger partial charge on any atom is -0.324 e. The summed E-state index contributed by atoms with van der Waals surface area (Å²) in [5, 5.41) is 7.01. The van der Waals surface area contributed by atoms with E-state index in [1.165, 1.54) is 5.56 Å². The predicted molar refractivity (Wildman–Crippen MR) is 101 cm³/mol. The lowest BCUT2D eigenvalue weighted by Gasteiger charge is -2.26. The Bertz CT molecular complexity index is 685. The summed E-state index contributed by atoms with van der Waals surface area (Å²) < 4.78 is 0. The maximum Gasteiger partial charge on any atom is 0.241 e. The van der Waals surface area contributed by atoms with Crippen molar-refractivity contribution in [2.45, 2.75) is 39.8 Å². The van der Waals surface area contributed by atoms with Crippen LogP contribution in [0.1, 0.15) is 37.9 Å². The van der Waals surface area contributed by atoms with Gasteiger partial charge >= 0.3 is 0 Å². The molecule has 0 radical (unpaired) electrons. The molecule has 0 aliphatic heterocycles. The monoisotopic (exact) mass is 344 g/mol. The average molecular weight is 345 g/mol. The number of carbonyl (C=O) groups excluding carboxylic acids is 1. The quantitative estimate of drug-likeness (QED) is 0.777. The summed E-state index contributed by atoms with van der Waals surface area (Å²) in [6.07, 6.45) is 0. The van der Waals surface area contributed by atoms with Crippen molar-refractivity contribution >= 4 is 23.2 Å². The molecule has 4 heteroatoms. The highest BCUT2D eigenvalue weighted by molar-refractivity contribution is 6.31. The van der Waals surface area contributed by atoms with Crippen LogP contribution in [0.4, 0.5) is 5.69 Å². The second kappa shape index (κ2) is 8.32. The molecule has 0 aromatic heterocycles. The van der Waals surface area contributed by atoms with Gasteiger partial charge in [-0.05, 0) is 43.0 Å². The Kier molecular flexibility index (Phi) is 6.41. The molecule has 2 rings (SSSR count). The normalized spacial score (nSPS) is 13.6. The molecular weight excluding hydrogens is 320 g/mol. The van der Waals surface area contributed by atoms with Crippen molar-refractivity contribution in [2.24, 2.45) is 5.92 Å². The second-order valence-corrected chi connectivity index (χ2v) is 6.91. The Labute approximate surface area is 149 Å². The fourth-order valence-corrected chi connectivity index (χ4v) is 2.82. The van der Waals surface area contributed by atoms with Crippen molar-refractivity contribution < 1.29 is 4.79 Å². The third kappa shape index (κ3) is 4.83. The van der Waals surface area contributed by atoms with E-state index in [4.69, 9.17) is 11.6 Å². The van der Waals surface area contributed by atoms with Crippen molar-refractivity contribution in [1.29, 1.82) is 0 Å². The minimum atomic E-state index is -0.323. The smallest absolute Gasteiger partial charge is 0.241 e. The predicted octanol–water partition coefficient (Wildman–Crippen LogP) is 4.96. The highest BCUT2D eigenvalue weighted by atomic mass is 35.5. The number of amides is 1. The van der Waals surface area contributed by atoms with Gasteiger partial charge in [0.1, 0.15) is 0 Å². The highest BCUT2D eigenvalue weighted by Crippen LogP contribution is 2.23. The average Bonchev–Trinajstić information content (AvgIpc) is 2.56. The molecule has 0 aliphatic carbocycles. The summed E-state index contributed by atoms with van der Waals surface area (Å²) in [5.41, 5.74) is 2.93. The molecule has 128 valence electrons. The molecule has 0 saturated heterocycles. The molecule has 0 bridgehead atoms. The van der Waals surface area contributed by atoms with Crippen LogP contribution in [0.5, 0.6) is 0 Å². The molecule has 2 aromatic carbocycles. The molecule has 2 unspecified atom stereocenters. The summed E-state index contributed by atoms with van der Waals surface area (Å²) in [7, 11) is 0. The van der Waals surface area contributed by atoms with Crippen LogP contribution in [0.25, 0.3) is 0 Å². The van der Waals surface area contributed by atoms with E-state index in [0.717, 1.165) is 11.3 Å². The minimum absolute atomic E-state index is 0.0676. The van der Waals surface area contributed by atoms with Gasteiger partial charge in [-0.1, -0.05) is 61.8 Å². The van der Waals surface area contributed by atoms with Gasteiger partial charge in [0.15, 0.2) is 0 Å². The molecule has 3 nitrogen and oxygen atoms in total. The Balaban J connectivity index is 2.08. The molecule has 1 amide bonds. The zero-order valence-corrected chi connectivity index (χ0v) is 15.4. The number of benzene rings is 2. The van der Waals surface area contributed by atoms with Crippen LogP contribution in [0.15, 0.2) is 48.5 Å². The van der Waals surface area contributed by atoms with E-state index in [1.54, 1.807) is 6.07 Å². The Morgan fingerprint density at radius 2 is 1.71 bits per heavy atom. The Hall–Kier alpha value is -1.84. The Morgan fingerprint density at radius 1 is 1.04 bits per heavy atom. The standard InChI is InChI=1S/C20H25ClN2O/c1-13(2)19(16-8-6-5-7-9-16)22-15(4)20(24)23-18-12-17(21)11-10-14(18)3/h5-13,15,19,22H,1-4H3,(H,23,24). The Morgan fingerprint density at radius 3 is 2.33 bits per heavy atom. The molecule has 0 fully saturated rings. The fraction of sp³-hybridized carbons (Fsp3) is 0.350. The maximum atomic E-state index is 12.5. The lowest BCUT2D eigenvalue weighted by atomic mass is 9.95. The number of carbonyl (C=O) groups is 1. The van der Waals surface area contributed by atoms with Gasteiger partial charge in [0.2, 0.25) is 5.91 Å². The SMILES string of the molecule is Cc1ccc(Cl)cc1NC(=O)C(C)NC(c1ccccc1)C(C)C. The van der Waals surface area contributed by atoms with Gasteiger partial charge in [0.05, 0.1) is 6.04 Å². The van der Waals surface area contributed by atoms with Gasteiger partial charge in [0, 0.05) is 16.8 Å². The van der Waals surface area contributed by atoms with Crippen LogP contribution in [-0.4, -0.2) is 11.9 Å². The van der Waals surface area contributed by atoms with E-state index in [2.05, 4.69) is 36.6 Å². The van der Waals surface area contributed by atoms with Crippen LogP contribution in [-0.2, 0) is 4.79 Å². The number of anilines is 1. The van der Waals surface area contributed by atoms with E-state index < -0.39 is 0 Å². The number of hydrogen-bond donors (Lipinski definition) is 2. The third-order valence-electron chi connectivity index (χ3n) is 4.11. The van der Waals surface area contributed by atoms with Crippen molar-refractivity contribution in [3.05, 3.63) is 64.7 Å². The lowest BCUT2D eigenvalue weighted by Crippen LogP contribution is -2.41. The molecule has 0 spiro atoms. The summed E-state index contributed by atoms with van der Waals surface area (Å²) >= 11 is 6.02. The van der Waals surface area contributed by atoms with Crippen LogP contribution in [0, 0.1) is 12.8 Å². The molecule has 2 atom stereocenters. The van der Waals surface area contributed by atoms with Gasteiger partial charge in [-0.2, -0.15) is 0 Å². The molecule has 2 N–H and O–H groups in total. The highest BCUT2D eigenvalue weighted by Gasteiger charge is 2.22. The number of hydrogen-bond acceptors (Lipinski definition) is 2. The van der Waals surface area contributed by atoms with Crippen molar-refractivity contribution in [3.63, 3.8) is 0 Å². The largest absolute Gasteiger partial charge is 0.324 e. The summed E-state index contributed by atoms with van der Waals surface area (Å²) in [5.74, 6) is 0.303. The lowest BCUT2D eigenvalue weighted by molar-refractivity contribution is -0.118. The second-order valence-electron chi connectivity index (χ2n) is 6.47. The summed E-state index contributed by atoms with van der Waals surface area (Å²) in [4.78, 5) is 12.5. The molecule has 24 heavy (non-hydrogen) atoms. The topological polar surface area (TPSA) is 41.1 Å². The number of halogens is 1. The van der Waals surface area contributed by atoms with Crippen molar-refractivity contribution in [2.75, 3.05) is 5.32 Å². The van der Waals surface area contributed by atoms with Crippen LogP contribution >= 0.6 is 11.6 Å². The van der Waals surface area contributed by atoms with E-state index >= 15 is 0 Å². The van der Waals surface area contributed by atoms with Crippen LogP contribution in [0.2, 0.25) is 5.02 Å². The molecule has 2 aromatic rings. The number of rotatable bonds is 6. The molecule has 0 aliphatic rings. The zero-order chi connectivity index (χ0) is 17.7. The number of aryl methyl sites for hydroxylation is 1. The van der Waals surface area contributed by atoms with E-state index in [1.807, 2.05) is 44.2 Å². The van der Waals surface area contributed by atoms with Crippen molar-refractivity contribution in [3.8, 4) is 0 Å². The first-order chi connectivity index (χ1) is 11.4. The third-order valence-corrected chi connectivity index (χ3v) is 4.34. The van der Waals surface area contributed by atoms with Gasteiger partial charge in [-0.3, -0.25) is 10.1 Å². The van der Waals surface area contributed by atoms with Crippen LogP contribution in [0.3, 0.4) is 0 Å². The van der Waals surface area contributed by atoms with Gasteiger partial charge < -0.3 is 5.32 Å². The maximum absolute atomic E-state index is 12.5. The van der Waals surface area contributed by atoms with E-state index in [-0.39, 0.29) is 18.0 Å². The molecular formula is C20H25ClN2O. The summed E-state index contributed by atoms with van der Waals surface area (Å²) in [6.45, 7) is 8.13. The van der Waals surface area contributed by atoms with E-state index in [9.17, 15) is 4.79 Å². The summed E-state index contributed by atoms with van der Waals surface area (Å²) in [6, 6.07) is 15.5. The van der Waals surface area contributed by atoms with Gasteiger partial charge in [-0.25, -0.2) is 0 Å². The fourth-order valence-electron chi connectivity index (χ4n) is 2.65. The van der Waals surface area contributed by atoms with Crippen LogP contribution < -0.4 is 10.6 Å². The zero-order valence-electron chi connectivity index (χ0n) is 14.6. The molecule has 0 heterocycles.